The van der Waals surface area contributed by atoms with Crippen molar-refractivity contribution < 1.29 is 0 Å². The Labute approximate surface area is 106 Å². The number of nitrogens with one attached hydrogen (secondary N) is 1. The first kappa shape index (κ1) is 13.2. The topological polar surface area (TPSA) is 35.8 Å². The van der Waals surface area contributed by atoms with E-state index in [2.05, 4.69) is 25.2 Å². The van der Waals surface area contributed by atoms with E-state index >= 15 is 0 Å². The van der Waals surface area contributed by atoms with Crippen molar-refractivity contribution in [1.29, 1.82) is 5.26 Å². The van der Waals surface area contributed by atoms with Gasteiger partial charge in [-0.15, -0.1) is 0 Å². The third-order valence-electron chi connectivity index (χ3n) is 2.07. The van der Waals surface area contributed by atoms with Gasteiger partial charge >= 0.3 is 0 Å². The Balaban J connectivity index is 2.74. The predicted molar refractivity (Wildman–Crippen MR) is 68.9 cm³/mol. The molecular weight excluding hydrogens is 243 g/mol. The second-order valence-corrected chi connectivity index (χ2v) is 4.99. The molecule has 0 fully saturated rings. The standard InChI is InChI=1S/C12H14Cl2N2/c1-8(2)3-12(7-15)16-11-5-9(13)4-10(14)6-11/h4-6,8,12,16H,3H2,1-2H3. The smallest absolute Gasteiger partial charge is 0.114 e. The molecule has 16 heavy (non-hydrogen) atoms. The summed E-state index contributed by atoms with van der Waals surface area (Å²) in [6.45, 7) is 4.16. The molecule has 0 aliphatic heterocycles. The van der Waals surface area contributed by atoms with Crippen molar-refractivity contribution in [2.24, 2.45) is 5.92 Å². The Morgan fingerprint density at radius 2 is 1.81 bits per heavy atom. The molecule has 0 aromatic heterocycles. The number of nitrogens with zero attached hydrogens (tertiary/aromatic N) is 1. The molecular formula is C12H14Cl2N2. The molecule has 0 saturated heterocycles. The molecule has 0 heterocycles. The molecule has 2 nitrogen and oxygen atoms in total. The number of hydrogen-bond donors (Lipinski definition) is 1. The third kappa shape index (κ3) is 4.30. The molecule has 1 rings (SSSR count). The average molecular weight is 257 g/mol. The van der Waals surface area contributed by atoms with Crippen molar-refractivity contribution in [1.82, 2.24) is 0 Å². The van der Waals surface area contributed by atoms with E-state index in [9.17, 15) is 0 Å². The zero-order chi connectivity index (χ0) is 12.1. The molecule has 1 aromatic rings. The van der Waals surface area contributed by atoms with Crippen LogP contribution in [0.5, 0.6) is 0 Å². The highest BCUT2D eigenvalue weighted by Crippen LogP contribution is 2.23. The van der Waals surface area contributed by atoms with Crippen molar-refractivity contribution in [3.63, 3.8) is 0 Å². The minimum Gasteiger partial charge on any atom is -0.370 e. The highest BCUT2D eigenvalue weighted by molar-refractivity contribution is 6.35. The van der Waals surface area contributed by atoms with Gasteiger partial charge in [0.1, 0.15) is 6.04 Å². The van der Waals surface area contributed by atoms with Crippen LogP contribution in [0.3, 0.4) is 0 Å². The molecule has 0 aliphatic rings. The van der Waals surface area contributed by atoms with Gasteiger partial charge in [0, 0.05) is 15.7 Å². The summed E-state index contributed by atoms with van der Waals surface area (Å²) in [5.74, 6) is 0.465. The quantitative estimate of drug-likeness (QED) is 0.870. The minimum atomic E-state index is -0.213. The number of anilines is 1. The SMILES string of the molecule is CC(C)CC(C#N)Nc1cc(Cl)cc(Cl)c1. The van der Waals surface area contributed by atoms with Gasteiger partial charge in [0.15, 0.2) is 0 Å². The van der Waals surface area contributed by atoms with E-state index in [4.69, 9.17) is 28.5 Å². The van der Waals surface area contributed by atoms with Crippen LogP contribution in [0.1, 0.15) is 20.3 Å². The van der Waals surface area contributed by atoms with E-state index < -0.39 is 0 Å². The van der Waals surface area contributed by atoms with Crippen molar-refractivity contribution in [2.75, 3.05) is 5.32 Å². The van der Waals surface area contributed by atoms with Crippen LogP contribution in [0.2, 0.25) is 10.0 Å². The molecule has 0 saturated carbocycles. The number of hydrogen-bond acceptors (Lipinski definition) is 2. The van der Waals surface area contributed by atoms with E-state index in [-0.39, 0.29) is 6.04 Å². The molecule has 86 valence electrons. The molecule has 0 spiro atoms. The Hall–Kier alpha value is -0.910. The summed E-state index contributed by atoms with van der Waals surface area (Å²) in [7, 11) is 0. The lowest BCUT2D eigenvalue weighted by Gasteiger charge is -2.15. The first-order valence-corrected chi connectivity index (χ1v) is 5.89. The normalized spacial score (nSPS) is 12.2. The number of halogens is 2. The number of nitriles is 1. The summed E-state index contributed by atoms with van der Waals surface area (Å²) in [5.41, 5.74) is 0.782. The first-order chi connectivity index (χ1) is 7.51. The monoisotopic (exact) mass is 256 g/mol. The Bertz CT molecular complexity index is 376. The molecule has 4 heteroatoms. The Morgan fingerprint density at radius 3 is 2.25 bits per heavy atom. The van der Waals surface area contributed by atoms with Gasteiger partial charge < -0.3 is 5.32 Å². The van der Waals surface area contributed by atoms with Crippen LogP contribution >= 0.6 is 23.2 Å². The van der Waals surface area contributed by atoms with Gasteiger partial charge in [0.2, 0.25) is 0 Å². The minimum absolute atomic E-state index is 0.213. The molecule has 1 unspecified atom stereocenters. The highest BCUT2D eigenvalue weighted by Gasteiger charge is 2.10. The van der Waals surface area contributed by atoms with Gasteiger partial charge in [0.25, 0.3) is 0 Å². The highest BCUT2D eigenvalue weighted by atomic mass is 35.5. The predicted octanol–water partition coefficient (Wildman–Crippen LogP) is 4.34. The van der Waals surface area contributed by atoms with Gasteiger partial charge in [-0.25, -0.2) is 0 Å². The van der Waals surface area contributed by atoms with E-state index in [1.54, 1.807) is 18.2 Å². The average Bonchev–Trinajstić information content (AvgIpc) is 2.14. The zero-order valence-corrected chi connectivity index (χ0v) is 10.8. The van der Waals surface area contributed by atoms with Gasteiger partial charge in [-0.1, -0.05) is 37.0 Å². The summed E-state index contributed by atoms with van der Waals surface area (Å²) >= 11 is 11.8. The molecule has 1 atom stereocenters. The van der Waals surface area contributed by atoms with Crippen LogP contribution in [0.25, 0.3) is 0 Å². The van der Waals surface area contributed by atoms with E-state index in [0.717, 1.165) is 12.1 Å². The maximum absolute atomic E-state index is 9.00. The van der Waals surface area contributed by atoms with E-state index in [1.807, 2.05) is 0 Å². The van der Waals surface area contributed by atoms with E-state index in [1.165, 1.54) is 0 Å². The molecule has 0 aliphatic carbocycles. The lowest BCUT2D eigenvalue weighted by Crippen LogP contribution is -2.19. The summed E-state index contributed by atoms with van der Waals surface area (Å²) in [4.78, 5) is 0. The van der Waals surface area contributed by atoms with Crippen LogP contribution in [0.15, 0.2) is 18.2 Å². The molecule has 0 radical (unpaired) electrons. The van der Waals surface area contributed by atoms with Crippen LogP contribution in [0, 0.1) is 17.2 Å². The fraction of sp³-hybridized carbons (Fsp3) is 0.417. The Morgan fingerprint density at radius 1 is 1.25 bits per heavy atom. The second-order valence-electron chi connectivity index (χ2n) is 4.11. The van der Waals surface area contributed by atoms with Crippen LogP contribution in [-0.4, -0.2) is 6.04 Å². The summed E-state index contributed by atoms with van der Waals surface area (Å²) in [6.07, 6.45) is 0.792. The lowest BCUT2D eigenvalue weighted by atomic mass is 10.0. The molecule has 0 amide bonds. The van der Waals surface area contributed by atoms with Crippen LogP contribution in [-0.2, 0) is 0 Å². The molecule has 0 bridgehead atoms. The third-order valence-corrected chi connectivity index (χ3v) is 2.50. The largest absolute Gasteiger partial charge is 0.370 e. The van der Waals surface area contributed by atoms with Gasteiger partial charge in [0.05, 0.1) is 6.07 Å². The van der Waals surface area contributed by atoms with Crippen molar-refractivity contribution in [2.45, 2.75) is 26.3 Å². The maximum atomic E-state index is 9.00. The number of rotatable bonds is 4. The van der Waals surface area contributed by atoms with Gasteiger partial charge in [-0.2, -0.15) is 5.26 Å². The second kappa shape index (κ2) is 5.98. The van der Waals surface area contributed by atoms with Crippen molar-refractivity contribution in [3.8, 4) is 6.07 Å². The van der Waals surface area contributed by atoms with E-state index in [0.29, 0.717) is 16.0 Å². The van der Waals surface area contributed by atoms with Gasteiger partial charge in [-0.05, 0) is 30.5 Å². The summed E-state index contributed by atoms with van der Waals surface area (Å²) in [5, 5.41) is 13.2. The zero-order valence-electron chi connectivity index (χ0n) is 9.30. The van der Waals surface area contributed by atoms with Crippen LogP contribution < -0.4 is 5.32 Å². The lowest BCUT2D eigenvalue weighted by molar-refractivity contribution is 0.568. The number of benzene rings is 1. The first-order valence-electron chi connectivity index (χ1n) is 5.13. The molecule has 1 N–H and O–H groups in total. The molecule has 1 aromatic carbocycles. The fourth-order valence-corrected chi connectivity index (χ4v) is 1.98. The van der Waals surface area contributed by atoms with Crippen LogP contribution in [0.4, 0.5) is 5.69 Å². The fourth-order valence-electron chi connectivity index (χ4n) is 1.45. The summed E-state index contributed by atoms with van der Waals surface area (Å²) in [6, 6.07) is 7.20. The Kier molecular flexibility index (Phi) is 4.92. The summed E-state index contributed by atoms with van der Waals surface area (Å²) < 4.78 is 0. The maximum Gasteiger partial charge on any atom is 0.114 e. The van der Waals surface area contributed by atoms with Crippen molar-refractivity contribution in [3.05, 3.63) is 28.2 Å². The van der Waals surface area contributed by atoms with Gasteiger partial charge in [-0.3, -0.25) is 0 Å². The van der Waals surface area contributed by atoms with Crippen molar-refractivity contribution >= 4 is 28.9 Å².